The van der Waals surface area contributed by atoms with Crippen LogP contribution in [0.3, 0.4) is 0 Å². The zero-order chi connectivity index (χ0) is 20.0. The minimum atomic E-state index is -3.59. The van der Waals surface area contributed by atoms with Gasteiger partial charge in [0.25, 0.3) is 0 Å². The maximum atomic E-state index is 12.8. The van der Waals surface area contributed by atoms with Gasteiger partial charge >= 0.3 is 0 Å². The van der Waals surface area contributed by atoms with Crippen LogP contribution in [0.25, 0.3) is 0 Å². The number of carbonyl (C=O) groups is 1. The summed E-state index contributed by atoms with van der Waals surface area (Å²) >= 11 is 0. The molecular weight excluding hydrogens is 398 g/mol. The highest BCUT2D eigenvalue weighted by molar-refractivity contribution is 7.89. The number of nitrogen functional groups attached to an aromatic ring is 1. The van der Waals surface area contributed by atoms with E-state index in [-0.39, 0.29) is 29.6 Å². The smallest absolute Gasteiger partial charge is 0.243 e. The van der Waals surface area contributed by atoms with Gasteiger partial charge in [-0.3, -0.25) is 4.79 Å². The van der Waals surface area contributed by atoms with E-state index in [2.05, 4.69) is 5.32 Å². The van der Waals surface area contributed by atoms with Gasteiger partial charge in [0.15, 0.2) is 0 Å². The van der Waals surface area contributed by atoms with Gasteiger partial charge in [-0.05, 0) is 42.7 Å². The van der Waals surface area contributed by atoms with E-state index in [1.807, 2.05) is 18.2 Å². The van der Waals surface area contributed by atoms with Gasteiger partial charge in [-0.1, -0.05) is 38.1 Å². The second-order valence-corrected chi connectivity index (χ2v) is 8.22. The summed E-state index contributed by atoms with van der Waals surface area (Å²) in [4.78, 5) is 12.5. The van der Waals surface area contributed by atoms with E-state index in [9.17, 15) is 13.2 Å². The first kappa shape index (κ1) is 23.9. The van der Waals surface area contributed by atoms with Crippen molar-refractivity contribution in [2.24, 2.45) is 0 Å². The van der Waals surface area contributed by atoms with Crippen LogP contribution >= 0.6 is 12.4 Å². The molecule has 0 aliphatic heterocycles. The molecule has 2 rings (SSSR count). The van der Waals surface area contributed by atoms with Gasteiger partial charge < -0.3 is 11.1 Å². The highest BCUT2D eigenvalue weighted by atomic mass is 35.5. The lowest BCUT2D eigenvalue weighted by atomic mass is 10.1. The highest BCUT2D eigenvalue weighted by Gasteiger charge is 2.24. The number of benzene rings is 2. The summed E-state index contributed by atoms with van der Waals surface area (Å²) in [7, 11) is -3.59. The van der Waals surface area contributed by atoms with Gasteiger partial charge in [0.1, 0.15) is 0 Å². The molecule has 0 bridgehead atoms. The third-order valence-corrected chi connectivity index (χ3v) is 6.66. The first-order valence-corrected chi connectivity index (χ1v) is 10.5. The Kier molecular flexibility index (Phi) is 8.94. The van der Waals surface area contributed by atoms with Crippen LogP contribution < -0.4 is 11.1 Å². The molecule has 0 aliphatic rings. The average Bonchev–Trinajstić information content (AvgIpc) is 2.63. The molecule has 0 aromatic heterocycles. The third-order valence-electron chi connectivity index (χ3n) is 4.47. The molecule has 0 atom stereocenters. The zero-order valence-corrected chi connectivity index (χ0v) is 18.1. The van der Waals surface area contributed by atoms with Crippen LogP contribution in [0.1, 0.15) is 31.4 Å². The van der Waals surface area contributed by atoms with Crippen LogP contribution in [-0.4, -0.2) is 31.7 Å². The van der Waals surface area contributed by atoms with Crippen LogP contribution in [0.15, 0.2) is 47.4 Å². The number of nitrogens with two attached hydrogens (primary N) is 1. The number of rotatable bonds is 8. The van der Waals surface area contributed by atoms with E-state index >= 15 is 0 Å². The number of hydrogen-bond donors (Lipinski definition) is 2. The molecule has 1 amide bonds. The maximum Gasteiger partial charge on any atom is 0.243 e. The van der Waals surface area contributed by atoms with Gasteiger partial charge in [-0.15, -0.1) is 12.4 Å². The van der Waals surface area contributed by atoms with Crippen LogP contribution in [0.5, 0.6) is 0 Å². The minimum Gasteiger partial charge on any atom is -0.399 e. The number of nitrogens with zero attached hydrogens (tertiary/aromatic N) is 1. The summed E-state index contributed by atoms with van der Waals surface area (Å²) in [6.07, 6.45) is 0.787. The quantitative estimate of drug-likeness (QED) is 0.632. The number of amides is 1. The van der Waals surface area contributed by atoms with E-state index in [1.165, 1.54) is 10.4 Å². The average molecular weight is 426 g/mol. The molecule has 154 valence electrons. The molecule has 3 N–H and O–H groups in total. The summed E-state index contributed by atoms with van der Waals surface area (Å²) in [5, 5.41) is 2.78. The Hall–Kier alpha value is -2.09. The summed E-state index contributed by atoms with van der Waals surface area (Å²) in [6.45, 7) is 6.15. The van der Waals surface area contributed by atoms with Crippen molar-refractivity contribution in [3.8, 4) is 0 Å². The monoisotopic (exact) mass is 425 g/mol. The molecule has 0 unspecified atom stereocenters. The van der Waals surface area contributed by atoms with Crippen molar-refractivity contribution >= 4 is 39.7 Å². The molecule has 2 aromatic rings. The number of hydrogen-bond acceptors (Lipinski definition) is 4. The van der Waals surface area contributed by atoms with Gasteiger partial charge in [-0.2, -0.15) is 4.31 Å². The lowest BCUT2D eigenvalue weighted by Gasteiger charge is -2.20. The fourth-order valence-electron chi connectivity index (χ4n) is 2.89. The lowest BCUT2D eigenvalue weighted by molar-refractivity contribution is -0.116. The number of nitrogens with one attached hydrogen (secondary N) is 1. The SMILES string of the molecule is CCN(CC)S(=O)(=O)c1cc(NC(=O)CCc2ccccc2N)ccc1C.Cl. The predicted molar refractivity (Wildman–Crippen MR) is 116 cm³/mol. The van der Waals surface area contributed by atoms with Gasteiger partial charge in [-0.25, -0.2) is 8.42 Å². The van der Waals surface area contributed by atoms with Crippen molar-refractivity contribution in [3.05, 3.63) is 53.6 Å². The van der Waals surface area contributed by atoms with Crippen molar-refractivity contribution < 1.29 is 13.2 Å². The number of halogens is 1. The molecule has 0 radical (unpaired) electrons. The van der Waals surface area contributed by atoms with Crippen molar-refractivity contribution in [1.82, 2.24) is 4.31 Å². The standard InChI is InChI=1S/C20H27N3O3S.ClH/c1-4-23(5-2)27(25,26)19-14-17(12-10-15(19)3)22-20(24)13-11-16-8-6-7-9-18(16)21;/h6-10,12,14H,4-5,11,13,21H2,1-3H3,(H,22,24);1H. The van der Waals surface area contributed by atoms with Crippen molar-refractivity contribution in [2.75, 3.05) is 24.1 Å². The maximum absolute atomic E-state index is 12.8. The Morgan fingerprint density at radius 1 is 1.11 bits per heavy atom. The van der Waals surface area contributed by atoms with E-state index in [4.69, 9.17) is 5.73 Å². The molecule has 2 aromatic carbocycles. The van der Waals surface area contributed by atoms with Gasteiger partial charge in [0.05, 0.1) is 4.90 Å². The Morgan fingerprint density at radius 3 is 2.36 bits per heavy atom. The van der Waals surface area contributed by atoms with Crippen LogP contribution in [0.4, 0.5) is 11.4 Å². The van der Waals surface area contributed by atoms with E-state index < -0.39 is 10.0 Å². The van der Waals surface area contributed by atoms with E-state index in [0.29, 0.717) is 36.4 Å². The molecule has 8 heteroatoms. The zero-order valence-electron chi connectivity index (χ0n) is 16.4. The van der Waals surface area contributed by atoms with Crippen molar-refractivity contribution in [2.45, 2.75) is 38.5 Å². The first-order chi connectivity index (χ1) is 12.8. The molecule has 0 fully saturated rings. The van der Waals surface area contributed by atoms with Gasteiger partial charge in [0, 0.05) is 30.9 Å². The molecule has 0 aliphatic carbocycles. The highest BCUT2D eigenvalue weighted by Crippen LogP contribution is 2.24. The van der Waals surface area contributed by atoms with Crippen molar-refractivity contribution in [3.63, 3.8) is 0 Å². The van der Waals surface area contributed by atoms with Crippen LogP contribution in [0, 0.1) is 6.92 Å². The largest absolute Gasteiger partial charge is 0.399 e. The summed E-state index contributed by atoms with van der Waals surface area (Å²) in [5.41, 5.74) is 8.59. The minimum absolute atomic E-state index is 0. The van der Waals surface area contributed by atoms with Crippen molar-refractivity contribution in [1.29, 1.82) is 0 Å². The molecule has 0 saturated heterocycles. The number of anilines is 2. The fraction of sp³-hybridized carbons (Fsp3) is 0.350. The Balaban J connectivity index is 0.00000392. The number of para-hydroxylation sites is 1. The van der Waals surface area contributed by atoms with E-state index in [1.54, 1.807) is 39.0 Å². The molecule has 28 heavy (non-hydrogen) atoms. The number of sulfonamides is 1. The summed E-state index contributed by atoms with van der Waals surface area (Å²) in [5.74, 6) is -0.187. The summed E-state index contributed by atoms with van der Waals surface area (Å²) in [6, 6.07) is 12.4. The first-order valence-electron chi connectivity index (χ1n) is 9.03. The predicted octanol–water partition coefficient (Wildman–Crippen LogP) is 3.60. The lowest BCUT2D eigenvalue weighted by Crippen LogP contribution is -2.31. The molecule has 0 saturated carbocycles. The normalized spacial score (nSPS) is 11.1. The van der Waals surface area contributed by atoms with Gasteiger partial charge in [0.2, 0.25) is 15.9 Å². The van der Waals surface area contributed by atoms with E-state index in [0.717, 1.165) is 5.56 Å². The number of aryl methyl sites for hydroxylation is 2. The second kappa shape index (κ2) is 10.5. The Morgan fingerprint density at radius 2 is 1.75 bits per heavy atom. The third kappa shape index (κ3) is 5.70. The van der Waals surface area contributed by atoms with Crippen LogP contribution in [-0.2, 0) is 21.2 Å². The second-order valence-electron chi connectivity index (χ2n) is 6.32. The molecular formula is C20H28ClN3O3S. The molecule has 0 spiro atoms. The number of carbonyl (C=O) groups excluding carboxylic acids is 1. The Bertz CT molecular complexity index is 913. The fourth-order valence-corrected chi connectivity index (χ4v) is 4.60. The topological polar surface area (TPSA) is 92.5 Å². The van der Waals surface area contributed by atoms with Crippen LogP contribution in [0.2, 0.25) is 0 Å². The molecule has 6 nitrogen and oxygen atoms in total. The summed E-state index contributed by atoms with van der Waals surface area (Å²) < 4.78 is 27.0. The molecule has 0 heterocycles. The Labute approximate surface area is 173 Å².